The molecule has 1 aliphatic rings. The number of nitrogens with one attached hydrogen (secondary N) is 1. The quantitative estimate of drug-likeness (QED) is 0.877. The zero-order valence-electron chi connectivity index (χ0n) is 14.4. The molecule has 0 aliphatic carbocycles. The molecule has 1 aromatic carbocycles. The zero-order valence-corrected chi connectivity index (χ0v) is 14.4. The summed E-state index contributed by atoms with van der Waals surface area (Å²) in [5.41, 5.74) is 1.69. The summed E-state index contributed by atoms with van der Waals surface area (Å²) in [6, 6.07) is 11.4. The van der Waals surface area contributed by atoms with Gasteiger partial charge in [0.2, 0.25) is 0 Å². The molecule has 25 heavy (non-hydrogen) atoms. The van der Waals surface area contributed by atoms with Gasteiger partial charge in [0.15, 0.2) is 0 Å². The Morgan fingerprint density at radius 1 is 1.36 bits per heavy atom. The van der Waals surface area contributed by atoms with Crippen LogP contribution in [-0.2, 0) is 6.54 Å². The number of aliphatic hydroxyl groups excluding tert-OH is 1. The maximum atomic E-state index is 12.5. The number of carbonyl (C=O) groups excluding carboxylic acids is 1. The molecule has 1 aliphatic heterocycles. The molecule has 0 unspecified atom stereocenters. The first-order chi connectivity index (χ1) is 12.1. The highest BCUT2D eigenvalue weighted by Crippen LogP contribution is 2.27. The fourth-order valence-electron chi connectivity index (χ4n) is 3.29. The molecule has 0 radical (unpaired) electrons. The minimum Gasteiger partial charge on any atom is -0.388 e. The second-order valence-electron chi connectivity index (χ2n) is 6.41. The number of benzene rings is 1. The Kier molecular flexibility index (Phi) is 5.60. The van der Waals surface area contributed by atoms with Crippen LogP contribution in [0, 0.1) is 6.92 Å². The van der Waals surface area contributed by atoms with Crippen molar-refractivity contribution in [2.45, 2.75) is 44.9 Å². The molecule has 1 aromatic heterocycles. The molecule has 1 fully saturated rings. The number of aromatic nitrogens is 2. The van der Waals surface area contributed by atoms with Crippen molar-refractivity contribution in [3.63, 3.8) is 0 Å². The van der Waals surface area contributed by atoms with Crippen molar-refractivity contribution < 1.29 is 9.90 Å². The number of amides is 2. The van der Waals surface area contributed by atoms with E-state index in [9.17, 15) is 9.90 Å². The topological polar surface area (TPSA) is 78.4 Å². The van der Waals surface area contributed by atoms with E-state index in [1.165, 1.54) is 0 Å². The van der Waals surface area contributed by atoms with Crippen molar-refractivity contribution in [1.82, 2.24) is 20.2 Å². The molecule has 2 amide bonds. The summed E-state index contributed by atoms with van der Waals surface area (Å²) >= 11 is 0. The van der Waals surface area contributed by atoms with Gasteiger partial charge in [-0.05, 0) is 37.8 Å². The predicted molar refractivity (Wildman–Crippen MR) is 94.8 cm³/mol. The predicted octanol–water partition coefficient (Wildman–Crippen LogP) is 2.58. The van der Waals surface area contributed by atoms with Crippen LogP contribution in [0.2, 0.25) is 0 Å². The lowest BCUT2D eigenvalue weighted by atomic mass is 10.0. The van der Waals surface area contributed by atoms with Gasteiger partial charge in [-0.15, -0.1) is 0 Å². The van der Waals surface area contributed by atoms with Crippen molar-refractivity contribution in [3.05, 3.63) is 59.7 Å². The van der Waals surface area contributed by atoms with Gasteiger partial charge < -0.3 is 15.3 Å². The molecule has 6 heteroatoms. The Hall–Kier alpha value is -2.47. The second-order valence-corrected chi connectivity index (χ2v) is 6.41. The van der Waals surface area contributed by atoms with Crippen LogP contribution in [0.4, 0.5) is 4.79 Å². The lowest BCUT2D eigenvalue weighted by Gasteiger charge is -2.27. The van der Waals surface area contributed by atoms with Crippen LogP contribution in [0.25, 0.3) is 0 Å². The first kappa shape index (κ1) is 17.4. The third kappa shape index (κ3) is 4.54. The van der Waals surface area contributed by atoms with E-state index in [1.807, 2.05) is 42.2 Å². The van der Waals surface area contributed by atoms with Gasteiger partial charge in [-0.1, -0.05) is 30.3 Å². The monoisotopic (exact) mass is 340 g/mol. The van der Waals surface area contributed by atoms with Crippen LogP contribution >= 0.6 is 0 Å². The summed E-state index contributed by atoms with van der Waals surface area (Å²) in [6.45, 7) is 2.93. The average molecular weight is 340 g/mol. The number of hydrogen-bond acceptors (Lipinski definition) is 4. The molecule has 2 N–H and O–H groups in total. The number of likely N-dealkylation sites (tertiary alicyclic amines) is 1. The average Bonchev–Trinajstić information content (AvgIpc) is 3.08. The summed E-state index contributed by atoms with van der Waals surface area (Å²) in [4.78, 5) is 22.7. The standard InChI is InChI=1S/C19H24N4O2/c1-14-20-10-9-16(22-14)13-21-19(25)23-11-5-8-17(23)12-18(24)15-6-3-2-4-7-15/h2-4,6-7,9-10,17-18,24H,5,8,11-13H2,1H3,(H,21,25)/t17-,18-/m0/s1. The number of aliphatic hydroxyl groups is 1. The fraction of sp³-hybridized carbons (Fsp3) is 0.421. The fourth-order valence-corrected chi connectivity index (χ4v) is 3.29. The SMILES string of the molecule is Cc1nccc(CNC(=O)N2CCC[C@H]2C[C@H](O)c2ccccc2)n1. The van der Waals surface area contributed by atoms with Crippen molar-refractivity contribution in [1.29, 1.82) is 0 Å². The highest BCUT2D eigenvalue weighted by molar-refractivity contribution is 5.74. The van der Waals surface area contributed by atoms with Crippen LogP contribution in [-0.4, -0.2) is 38.6 Å². The molecule has 0 bridgehead atoms. The smallest absolute Gasteiger partial charge is 0.317 e. The van der Waals surface area contributed by atoms with Crippen LogP contribution in [0.1, 0.15) is 42.4 Å². The lowest BCUT2D eigenvalue weighted by Crippen LogP contribution is -2.43. The Labute approximate surface area is 147 Å². The molecule has 2 heterocycles. The number of carbonyl (C=O) groups is 1. The molecule has 132 valence electrons. The first-order valence-electron chi connectivity index (χ1n) is 8.69. The molecule has 2 aromatic rings. The van der Waals surface area contributed by atoms with E-state index < -0.39 is 6.10 Å². The van der Waals surface area contributed by atoms with E-state index >= 15 is 0 Å². The van der Waals surface area contributed by atoms with E-state index in [2.05, 4.69) is 15.3 Å². The van der Waals surface area contributed by atoms with Gasteiger partial charge in [-0.25, -0.2) is 14.8 Å². The minimum atomic E-state index is -0.552. The largest absolute Gasteiger partial charge is 0.388 e. The number of urea groups is 1. The summed E-state index contributed by atoms with van der Waals surface area (Å²) in [5, 5.41) is 13.4. The van der Waals surface area contributed by atoms with Gasteiger partial charge in [-0.2, -0.15) is 0 Å². The van der Waals surface area contributed by atoms with Gasteiger partial charge in [0, 0.05) is 18.8 Å². The van der Waals surface area contributed by atoms with Gasteiger partial charge in [-0.3, -0.25) is 0 Å². The number of nitrogens with zero attached hydrogens (tertiary/aromatic N) is 3. The molecule has 0 saturated carbocycles. The van der Waals surface area contributed by atoms with E-state index in [0.29, 0.717) is 18.8 Å². The van der Waals surface area contributed by atoms with Crippen molar-refractivity contribution >= 4 is 6.03 Å². The highest BCUT2D eigenvalue weighted by Gasteiger charge is 2.30. The third-order valence-corrected chi connectivity index (χ3v) is 4.57. The Bertz CT molecular complexity index is 708. The van der Waals surface area contributed by atoms with Crippen LogP contribution in [0.15, 0.2) is 42.6 Å². The molecule has 2 atom stereocenters. The van der Waals surface area contributed by atoms with E-state index in [-0.39, 0.29) is 12.1 Å². The molecule has 3 rings (SSSR count). The minimum absolute atomic E-state index is 0.0577. The van der Waals surface area contributed by atoms with Crippen molar-refractivity contribution in [3.8, 4) is 0 Å². The lowest BCUT2D eigenvalue weighted by molar-refractivity contribution is 0.126. The van der Waals surface area contributed by atoms with Crippen molar-refractivity contribution in [2.24, 2.45) is 0 Å². The summed E-state index contributed by atoms with van der Waals surface area (Å²) in [7, 11) is 0. The third-order valence-electron chi connectivity index (χ3n) is 4.57. The summed E-state index contributed by atoms with van der Waals surface area (Å²) in [5.74, 6) is 0.691. The molecule has 6 nitrogen and oxygen atoms in total. The van der Waals surface area contributed by atoms with E-state index in [1.54, 1.807) is 12.3 Å². The second kappa shape index (κ2) is 8.07. The Morgan fingerprint density at radius 3 is 2.92 bits per heavy atom. The van der Waals surface area contributed by atoms with Crippen LogP contribution < -0.4 is 5.32 Å². The van der Waals surface area contributed by atoms with Gasteiger partial charge in [0.25, 0.3) is 0 Å². The Balaban J connectivity index is 1.56. The van der Waals surface area contributed by atoms with E-state index in [4.69, 9.17) is 0 Å². The van der Waals surface area contributed by atoms with Crippen LogP contribution in [0.3, 0.4) is 0 Å². The van der Waals surface area contributed by atoms with E-state index in [0.717, 1.165) is 30.6 Å². The molecular formula is C19H24N4O2. The number of hydrogen-bond donors (Lipinski definition) is 2. The zero-order chi connectivity index (χ0) is 17.6. The van der Waals surface area contributed by atoms with Crippen molar-refractivity contribution in [2.75, 3.05) is 6.54 Å². The normalized spacial score (nSPS) is 18.2. The molecule has 0 spiro atoms. The maximum absolute atomic E-state index is 12.5. The van der Waals surface area contributed by atoms with Gasteiger partial charge >= 0.3 is 6.03 Å². The summed E-state index contributed by atoms with van der Waals surface area (Å²) < 4.78 is 0. The Morgan fingerprint density at radius 2 is 2.16 bits per heavy atom. The summed E-state index contributed by atoms with van der Waals surface area (Å²) in [6.07, 6.45) is 3.59. The first-order valence-corrected chi connectivity index (χ1v) is 8.69. The van der Waals surface area contributed by atoms with Gasteiger partial charge in [0.1, 0.15) is 5.82 Å². The number of aryl methyl sites for hydroxylation is 1. The highest BCUT2D eigenvalue weighted by atomic mass is 16.3. The maximum Gasteiger partial charge on any atom is 0.317 e. The molecule has 1 saturated heterocycles. The van der Waals surface area contributed by atoms with Gasteiger partial charge in [0.05, 0.1) is 18.3 Å². The number of rotatable bonds is 5. The molecular weight excluding hydrogens is 316 g/mol. The van der Waals surface area contributed by atoms with Crippen LogP contribution in [0.5, 0.6) is 0 Å².